The van der Waals surface area contributed by atoms with Gasteiger partial charge in [0.1, 0.15) is 18.0 Å². The van der Waals surface area contributed by atoms with Crippen LogP contribution in [0.3, 0.4) is 0 Å². The number of hydrogen-bond donors (Lipinski definition) is 3. The summed E-state index contributed by atoms with van der Waals surface area (Å²) in [5.74, 6) is 2.72. The molecule has 2 rings (SSSR count). The molecule has 2 heterocycles. The minimum absolute atomic E-state index is 0. The zero-order chi connectivity index (χ0) is 19.7. The standard InChI is InChI=1S/C18H33N7O2.HI/c1-5-19-16(20-10-8-11-21-17(26)27-18(2,3)4)22-13-15-24-23-14-9-6-7-12-25(14)15;/h5-13H2,1-4H3,(H,21,26)(H2,19,20,22);1H. The highest BCUT2D eigenvalue weighted by Gasteiger charge is 2.16. The highest BCUT2D eigenvalue weighted by Crippen LogP contribution is 2.14. The number of aromatic nitrogens is 3. The number of fused-ring (bicyclic) bond motifs is 1. The lowest BCUT2D eigenvalue weighted by atomic mass is 10.2. The first-order valence-electron chi connectivity index (χ1n) is 9.79. The molecule has 1 aromatic heterocycles. The van der Waals surface area contributed by atoms with Crippen LogP contribution in [-0.4, -0.2) is 52.1 Å². The first-order chi connectivity index (χ1) is 12.9. The molecule has 1 aliphatic heterocycles. The van der Waals surface area contributed by atoms with Gasteiger partial charge in [0.05, 0.1) is 0 Å². The molecule has 28 heavy (non-hydrogen) atoms. The summed E-state index contributed by atoms with van der Waals surface area (Å²) < 4.78 is 7.39. The van der Waals surface area contributed by atoms with E-state index in [0.717, 1.165) is 43.5 Å². The number of nitrogens with one attached hydrogen (secondary N) is 3. The normalized spacial score (nSPS) is 13.9. The molecule has 0 atom stereocenters. The number of carbonyl (C=O) groups is 1. The minimum atomic E-state index is -0.478. The van der Waals surface area contributed by atoms with Crippen LogP contribution in [0, 0.1) is 0 Å². The first-order valence-corrected chi connectivity index (χ1v) is 9.79. The van der Waals surface area contributed by atoms with Crippen LogP contribution in [0.1, 0.15) is 58.6 Å². The molecule has 0 bridgehead atoms. The maximum absolute atomic E-state index is 11.6. The third-order valence-corrected chi connectivity index (χ3v) is 3.97. The van der Waals surface area contributed by atoms with Gasteiger partial charge >= 0.3 is 6.09 Å². The van der Waals surface area contributed by atoms with Crippen molar-refractivity contribution >= 4 is 36.0 Å². The fraction of sp³-hybridized carbons (Fsp3) is 0.778. The topological polar surface area (TPSA) is 105 Å². The molecule has 0 saturated heterocycles. The predicted octanol–water partition coefficient (Wildman–Crippen LogP) is 2.20. The molecule has 0 fully saturated rings. The van der Waals surface area contributed by atoms with Crippen LogP contribution >= 0.6 is 24.0 Å². The second-order valence-corrected chi connectivity index (χ2v) is 7.55. The molecule has 0 aromatic carbocycles. The highest BCUT2D eigenvalue weighted by atomic mass is 127. The molecular weight excluding hydrogens is 473 g/mol. The molecular formula is C18H34IN7O2. The molecule has 3 N–H and O–H groups in total. The molecule has 0 unspecified atom stereocenters. The summed E-state index contributed by atoms with van der Waals surface area (Å²) in [4.78, 5) is 16.2. The number of ether oxygens (including phenoxy) is 1. The summed E-state index contributed by atoms with van der Waals surface area (Å²) >= 11 is 0. The van der Waals surface area contributed by atoms with E-state index < -0.39 is 5.60 Å². The monoisotopic (exact) mass is 507 g/mol. The predicted molar refractivity (Wildman–Crippen MR) is 120 cm³/mol. The van der Waals surface area contributed by atoms with Gasteiger partial charge < -0.3 is 25.3 Å². The maximum Gasteiger partial charge on any atom is 0.407 e. The van der Waals surface area contributed by atoms with E-state index in [1.807, 2.05) is 27.7 Å². The van der Waals surface area contributed by atoms with E-state index in [1.165, 1.54) is 12.8 Å². The Morgan fingerprint density at radius 2 is 1.93 bits per heavy atom. The van der Waals surface area contributed by atoms with Crippen molar-refractivity contribution in [3.8, 4) is 0 Å². The van der Waals surface area contributed by atoms with E-state index in [0.29, 0.717) is 19.6 Å². The van der Waals surface area contributed by atoms with E-state index in [1.54, 1.807) is 0 Å². The van der Waals surface area contributed by atoms with Gasteiger partial charge in [-0.15, -0.1) is 34.2 Å². The SMILES string of the molecule is CCNC(=NCc1nnc2n1CCCC2)NCCCNC(=O)OC(C)(C)C.I. The van der Waals surface area contributed by atoms with Crippen LogP contribution in [-0.2, 0) is 24.2 Å². The maximum atomic E-state index is 11.6. The van der Waals surface area contributed by atoms with Crippen molar-refractivity contribution in [2.24, 2.45) is 4.99 Å². The van der Waals surface area contributed by atoms with Crippen LogP contribution < -0.4 is 16.0 Å². The van der Waals surface area contributed by atoms with Gasteiger partial charge in [-0.05, 0) is 47.0 Å². The third kappa shape index (κ3) is 8.61. The molecule has 160 valence electrons. The largest absolute Gasteiger partial charge is 0.444 e. The molecule has 0 saturated carbocycles. The van der Waals surface area contributed by atoms with E-state index in [9.17, 15) is 4.79 Å². The molecule has 0 aliphatic carbocycles. The fourth-order valence-electron chi connectivity index (χ4n) is 2.78. The highest BCUT2D eigenvalue weighted by molar-refractivity contribution is 14.0. The smallest absolute Gasteiger partial charge is 0.407 e. The molecule has 0 spiro atoms. The Hall–Kier alpha value is -1.59. The van der Waals surface area contributed by atoms with Gasteiger partial charge in [-0.25, -0.2) is 9.79 Å². The number of amides is 1. The van der Waals surface area contributed by atoms with E-state index in [-0.39, 0.29) is 30.1 Å². The molecule has 1 amide bonds. The molecule has 0 radical (unpaired) electrons. The molecule has 9 nitrogen and oxygen atoms in total. The van der Waals surface area contributed by atoms with Crippen molar-refractivity contribution < 1.29 is 9.53 Å². The van der Waals surface area contributed by atoms with Crippen LogP contribution in [0.15, 0.2) is 4.99 Å². The number of carbonyl (C=O) groups excluding carboxylic acids is 1. The zero-order valence-electron chi connectivity index (χ0n) is 17.4. The lowest BCUT2D eigenvalue weighted by Crippen LogP contribution is -2.39. The van der Waals surface area contributed by atoms with Crippen molar-refractivity contribution in [1.29, 1.82) is 0 Å². The van der Waals surface area contributed by atoms with E-state index >= 15 is 0 Å². The van der Waals surface area contributed by atoms with Crippen molar-refractivity contribution in [2.45, 2.75) is 72.1 Å². The summed E-state index contributed by atoms with van der Waals surface area (Å²) in [6.07, 6.45) is 3.73. The molecule has 10 heteroatoms. The van der Waals surface area contributed by atoms with E-state index in [4.69, 9.17) is 4.74 Å². The van der Waals surface area contributed by atoms with Gasteiger partial charge in [0.2, 0.25) is 0 Å². The minimum Gasteiger partial charge on any atom is -0.444 e. The summed E-state index contributed by atoms with van der Waals surface area (Å²) in [5, 5.41) is 17.8. The average molecular weight is 507 g/mol. The van der Waals surface area contributed by atoms with Gasteiger partial charge in [0.25, 0.3) is 0 Å². The lowest BCUT2D eigenvalue weighted by molar-refractivity contribution is 0.0527. The van der Waals surface area contributed by atoms with Gasteiger partial charge in [-0.1, -0.05) is 0 Å². The lowest BCUT2D eigenvalue weighted by Gasteiger charge is -2.19. The van der Waals surface area contributed by atoms with Crippen molar-refractivity contribution in [3.05, 3.63) is 11.6 Å². The molecule has 1 aliphatic rings. The van der Waals surface area contributed by atoms with Crippen LogP contribution in [0.25, 0.3) is 0 Å². The molecule has 1 aromatic rings. The number of nitrogens with zero attached hydrogens (tertiary/aromatic N) is 4. The zero-order valence-corrected chi connectivity index (χ0v) is 19.7. The van der Waals surface area contributed by atoms with Crippen LogP contribution in [0.2, 0.25) is 0 Å². The Kier molecular flexibility index (Phi) is 10.5. The number of hydrogen-bond acceptors (Lipinski definition) is 5. The Bertz CT molecular complexity index is 640. The van der Waals surface area contributed by atoms with Crippen LogP contribution in [0.5, 0.6) is 0 Å². The van der Waals surface area contributed by atoms with Crippen molar-refractivity contribution in [3.63, 3.8) is 0 Å². The first kappa shape index (κ1) is 24.4. The van der Waals surface area contributed by atoms with Crippen molar-refractivity contribution in [2.75, 3.05) is 19.6 Å². The third-order valence-electron chi connectivity index (χ3n) is 3.97. The van der Waals surface area contributed by atoms with Crippen molar-refractivity contribution in [1.82, 2.24) is 30.7 Å². The quantitative estimate of drug-likeness (QED) is 0.226. The van der Waals surface area contributed by atoms with Gasteiger partial charge in [0.15, 0.2) is 11.8 Å². The number of aliphatic imine (C=N–C) groups is 1. The number of alkyl carbamates (subject to hydrolysis) is 1. The Morgan fingerprint density at radius 3 is 2.64 bits per heavy atom. The fourth-order valence-corrected chi connectivity index (χ4v) is 2.78. The van der Waals surface area contributed by atoms with E-state index in [2.05, 4.69) is 35.7 Å². The second-order valence-electron chi connectivity index (χ2n) is 7.55. The van der Waals surface area contributed by atoms with Crippen LogP contribution in [0.4, 0.5) is 4.79 Å². The Balaban J connectivity index is 0.00000392. The summed E-state index contributed by atoms with van der Waals surface area (Å²) in [7, 11) is 0. The van der Waals surface area contributed by atoms with Gasteiger partial charge in [0, 0.05) is 32.6 Å². The summed E-state index contributed by atoms with van der Waals surface area (Å²) in [6.45, 7) is 11.1. The van der Waals surface area contributed by atoms with Gasteiger partial charge in [-0.3, -0.25) is 0 Å². The number of halogens is 1. The average Bonchev–Trinajstić information content (AvgIpc) is 3.01. The number of rotatable bonds is 7. The Labute approximate surface area is 184 Å². The second kappa shape index (κ2) is 12.1. The van der Waals surface area contributed by atoms with Gasteiger partial charge in [-0.2, -0.15) is 0 Å². The number of guanidine groups is 1. The summed E-state index contributed by atoms with van der Waals surface area (Å²) in [5.41, 5.74) is -0.478. The summed E-state index contributed by atoms with van der Waals surface area (Å²) in [6, 6.07) is 0. The Morgan fingerprint density at radius 1 is 1.18 bits per heavy atom. The number of aryl methyl sites for hydroxylation is 1.